The second-order valence-corrected chi connectivity index (χ2v) is 7.43. The highest BCUT2D eigenvalue weighted by Gasteiger charge is 2.33. The maximum absolute atomic E-state index is 11.5. The van der Waals surface area contributed by atoms with Crippen molar-refractivity contribution in [3.63, 3.8) is 0 Å². The van der Waals surface area contributed by atoms with Gasteiger partial charge in [-0.15, -0.1) is 0 Å². The molecule has 0 saturated carbocycles. The van der Waals surface area contributed by atoms with Crippen molar-refractivity contribution < 1.29 is 9.90 Å². The number of carboxylic acids is 1. The Morgan fingerprint density at radius 3 is 2.44 bits per heavy atom. The van der Waals surface area contributed by atoms with E-state index >= 15 is 0 Å². The second-order valence-electron chi connectivity index (χ2n) is 6.24. The van der Waals surface area contributed by atoms with E-state index in [9.17, 15) is 9.90 Å². The van der Waals surface area contributed by atoms with E-state index in [-0.39, 0.29) is 6.04 Å². The summed E-state index contributed by atoms with van der Waals surface area (Å²) >= 11 is 19.2. The van der Waals surface area contributed by atoms with Gasteiger partial charge in [-0.05, 0) is 42.6 Å². The molecule has 3 rings (SSSR count). The van der Waals surface area contributed by atoms with E-state index in [0.29, 0.717) is 28.0 Å². The third-order valence-electron chi connectivity index (χ3n) is 4.64. The summed E-state index contributed by atoms with van der Waals surface area (Å²) in [4.78, 5) is 13.6. The lowest BCUT2D eigenvalue weighted by atomic mass is 9.91. The molecule has 1 saturated heterocycles. The fourth-order valence-corrected chi connectivity index (χ4v) is 4.08. The number of carbonyl (C=O) groups is 1. The van der Waals surface area contributed by atoms with Crippen molar-refractivity contribution in [3.05, 3.63) is 68.7 Å². The quantitative estimate of drug-likeness (QED) is 0.736. The minimum absolute atomic E-state index is 0.234. The summed E-state index contributed by atoms with van der Waals surface area (Å²) in [6, 6.07) is 12.9. The van der Waals surface area contributed by atoms with Crippen molar-refractivity contribution in [2.75, 3.05) is 13.1 Å². The Bertz CT molecular complexity index is 781. The van der Waals surface area contributed by atoms with Gasteiger partial charge in [0.2, 0.25) is 0 Å². The summed E-state index contributed by atoms with van der Waals surface area (Å²) in [5, 5.41) is 11.0. The Labute approximate surface area is 162 Å². The van der Waals surface area contributed by atoms with Gasteiger partial charge in [-0.25, -0.2) is 0 Å². The molecule has 1 aliphatic heterocycles. The molecule has 0 bridgehead atoms. The molecule has 1 fully saturated rings. The zero-order valence-corrected chi connectivity index (χ0v) is 15.7. The van der Waals surface area contributed by atoms with E-state index < -0.39 is 11.9 Å². The van der Waals surface area contributed by atoms with Gasteiger partial charge in [0.25, 0.3) is 0 Å². The van der Waals surface area contributed by atoms with E-state index in [0.717, 1.165) is 24.1 Å². The second kappa shape index (κ2) is 7.96. The predicted molar refractivity (Wildman–Crippen MR) is 102 cm³/mol. The Kier molecular flexibility index (Phi) is 5.90. The van der Waals surface area contributed by atoms with Gasteiger partial charge in [-0.1, -0.05) is 65.1 Å². The van der Waals surface area contributed by atoms with Gasteiger partial charge in [0.1, 0.15) is 0 Å². The number of aliphatic carboxylic acids is 1. The lowest BCUT2D eigenvalue weighted by molar-refractivity contribution is -0.143. The van der Waals surface area contributed by atoms with Crippen LogP contribution in [-0.4, -0.2) is 29.1 Å². The molecule has 1 N–H and O–H groups in total. The molecule has 1 heterocycles. The highest BCUT2D eigenvalue weighted by atomic mass is 35.5. The van der Waals surface area contributed by atoms with E-state index in [1.807, 2.05) is 36.4 Å². The van der Waals surface area contributed by atoms with Gasteiger partial charge in [0.05, 0.1) is 22.0 Å². The smallest absolute Gasteiger partial charge is 0.307 e. The Balaban J connectivity index is 2.08. The number of piperidine rings is 1. The number of carboxylic acid groups (broad SMARTS) is 1. The fourth-order valence-electron chi connectivity index (χ4n) is 3.43. The van der Waals surface area contributed by atoms with Crippen molar-refractivity contribution in [2.45, 2.75) is 18.9 Å². The topological polar surface area (TPSA) is 40.5 Å². The average Bonchev–Trinajstić information content (AvgIpc) is 2.61. The van der Waals surface area contributed by atoms with Crippen LogP contribution in [0.1, 0.15) is 30.0 Å². The van der Waals surface area contributed by atoms with Crippen LogP contribution in [0, 0.1) is 5.92 Å². The van der Waals surface area contributed by atoms with Crippen LogP contribution in [0.25, 0.3) is 0 Å². The van der Waals surface area contributed by atoms with Gasteiger partial charge in [-0.2, -0.15) is 0 Å². The van der Waals surface area contributed by atoms with E-state index in [1.165, 1.54) is 0 Å². The molecule has 2 aromatic rings. The number of likely N-dealkylation sites (tertiary alicyclic amines) is 1. The normalized spacial score (nSPS) is 19.6. The lowest BCUT2D eigenvalue weighted by Gasteiger charge is -2.38. The number of nitrogens with zero attached hydrogens (tertiary/aromatic N) is 1. The first kappa shape index (κ1) is 18.5. The summed E-state index contributed by atoms with van der Waals surface area (Å²) < 4.78 is 0. The van der Waals surface area contributed by atoms with E-state index in [4.69, 9.17) is 34.8 Å². The van der Waals surface area contributed by atoms with Crippen LogP contribution in [0.15, 0.2) is 42.5 Å². The molecule has 132 valence electrons. The SMILES string of the molecule is O=C(O)C1CCCN(C(c2ccccc2Cl)c2cccc(Cl)c2Cl)C1. The van der Waals surface area contributed by atoms with Crippen LogP contribution >= 0.6 is 34.8 Å². The van der Waals surface area contributed by atoms with E-state index in [2.05, 4.69) is 4.90 Å². The monoisotopic (exact) mass is 397 g/mol. The molecule has 2 unspecified atom stereocenters. The van der Waals surface area contributed by atoms with Gasteiger partial charge in [0, 0.05) is 11.6 Å². The zero-order valence-electron chi connectivity index (χ0n) is 13.5. The largest absolute Gasteiger partial charge is 0.481 e. The summed E-state index contributed by atoms with van der Waals surface area (Å²) in [6.45, 7) is 1.23. The molecule has 0 aromatic heterocycles. The number of rotatable bonds is 4. The van der Waals surface area contributed by atoms with Crippen LogP contribution in [0.5, 0.6) is 0 Å². The molecular formula is C19H18Cl3NO2. The fraction of sp³-hybridized carbons (Fsp3) is 0.316. The molecule has 0 amide bonds. The van der Waals surface area contributed by atoms with Crippen molar-refractivity contribution in [2.24, 2.45) is 5.92 Å². The molecule has 0 aliphatic carbocycles. The van der Waals surface area contributed by atoms with Crippen LogP contribution in [-0.2, 0) is 4.79 Å². The first-order chi connectivity index (χ1) is 12.0. The molecule has 3 nitrogen and oxygen atoms in total. The molecule has 6 heteroatoms. The molecule has 25 heavy (non-hydrogen) atoms. The van der Waals surface area contributed by atoms with Crippen molar-refractivity contribution in [1.29, 1.82) is 0 Å². The van der Waals surface area contributed by atoms with Gasteiger partial charge in [0.15, 0.2) is 0 Å². The Morgan fingerprint density at radius 2 is 1.72 bits per heavy atom. The summed E-state index contributed by atoms with van der Waals surface area (Å²) in [5.74, 6) is -1.16. The number of benzene rings is 2. The Hall–Kier alpha value is -1.26. The highest BCUT2D eigenvalue weighted by molar-refractivity contribution is 6.42. The number of hydrogen-bond donors (Lipinski definition) is 1. The van der Waals surface area contributed by atoms with Crippen LogP contribution in [0.3, 0.4) is 0 Å². The molecule has 2 atom stereocenters. The summed E-state index contributed by atoms with van der Waals surface area (Å²) in [6.07, 6.45) is 1.50. The third-order valence-corrected chi connectivity index (χ3v) is 5.82. The Morgan fingerprint density at radius 1 is 1.04 bits per heavy atom. The number of halogens is 3. The van der Waals surface area contributed by atoms with Gasteiger partial charge < -0.3 is 5.11 Å². The molecule has 1 aliphatic rings. The van der Waals surface area contributed by atoms with Crippen molar-refractivity contribution in [1.82, 2.24) is 4.90 Å². The van der Waals surface area contributed by atoms with Gasteiger partial charge >= 0.3 is 5.97 Å². The molecule has 0 radical (unpaired) electrons. The van der Waals surface area contributed by atoms with Gasteiger partial charge in [-0.3, -0.25) is 9.69 Å². The van der Waals surface area contributed by atoms with E-state index in [1.54, 1.807) is 6.07 Å². The minimum Gasteiger partial charge on any atom is -0.481 e. The van der Waals surface area contributed by atoms with Crippen molar-refractivity contribution >= 4 is 40.8 Å². The first-order valence-corrected chi connectivity index (χ1v) is 9.27. The molecule has 0 spiro atoms. The lowest BCUT2D eigenvalue weighted by Crippen LogP contribution is -2.41. The van der Waals surface area contributed by atoms with Crippen LogP contribution in [0.4, 0.5) is 0 Å². The summed E-state index contributed by atoms with van der Waals surface area (Å²) in [7, 11) is 0. The van der Waals surface area contributed by atoms with Crippen molar-refractivity contribution in [3.8, 4) is 0 Å². The average molecular weight is 399 g/mol. The maximum atomic E-state index is 11.5. The maximum Gasteiger partial charge on any atom is 0.307 e. The number of hydrogen-bond acceptors (Lipinski definition) is 2. The van der Waals surface area contributed by atoms with Crippen LogP contribution < -0.4 is 0 Å². The molecular weight excluding hydrogens is 381 g/mol. The summed E-state index contributed by atoms with van der Waals surface area (Å²) in [5.41, 5.74) is 1.74. The highest BCUT2D eigenvalue weighted by Crippen LogP contribution is 2.40. The zero-order chi connectivity index (χ0) is 18.0. The van der Waals surface area contributed by atoms with Crippen LogP contribution in [0.2, 0.25) is 15.1 Å². The standard InChI is InChI=1S/C19H18Cl3NO2/c20-15-8-2-1-6-13(15)18(14-7-3-9-16(21)17(14)22)23-10-4-5-12(11-23)19(24)25/h1-3,6-9,12,18H,4-5,10-11H2,(H,24,25). The predicted octanol–water partition coefficient (Wildman–Crippen LogP) is 5.53. The third kappa shape index (κ3) is 3.95. The molecule has 2 aromatic carbocycles. The first-order valence-electron chi connectivity index (χ1n) is 8.14. The minimum atomic E-state index is -0.764.